The molecule has 1 aliphatic rings. The zero-order valence-electron chi connectivity index (χ0n) is 11.1. The number of carbonyl (C=O) groups is 2. The Balaban J connectivity index is 2.48. The number of Topliss-reactive ketones (excluding diaryl/α,β-unsaturated/α-hetero) is 1. The Morgan fingerprint density at radius 1 is 1.55 bits per heavy atom. The molecule has 20 heavy (non-hydrogen) atoms. The number of halogens is 1. The summed E-state index contributed by atoms with van der Waals surface area (Å²) in [6.07, 6.45) is 0.533. The quantitative estimate of drug-likeness (QED) is 0.835. The maximum absolute atomic E-state index is 11.3. The number of carboxylic acid groups (broad SMARTS) is 1. The Morgan fingerprint density at radius 3 is 2.75 bits per heavy atom. The van der Waals surface area contributed by atoms with Crippen molar-refractivity contribution in [1.29, 1.82) is 0 Å². The van der Waals surface area contributed by atoms with Crippen molar-refractivity contribution in [2.75, 3.05) is 0 Å². The molecule has 0 amide bonds. The number of hydrogen-bond acceptors (Lipinski definition) is 4. The number of fused-ring (bicyclic) bond motifs is 1. The van der Waals surface area contributed by atoms with Gasteiger partial charge >= 0.3 is 13.1 Å². The van der Waals surface area contributed by atoms with E-state index in [2.05, 4.69) is 0 Å². The molecule has 7 heteroatoms. The van der Waals surface area contributed by atoms with E-state index in [1.54, 1.807) is 13.0 Å². The van der Waals surface area contributed by atoms with E-state index in [1.165, 1.54) is 6.92 Å². The van der Waals surface area contributed by atoms with Crippen molar-refractivity contribution in [2.24, 2.45) is 0 Å². The average molecular weight is 297 g/mol. The number of carboxylic acids is 1. The van der Waals surface area contributed by atoms with Crippen LogP contribution < -0.4 is 4.65 Å². The van der Waals surface area contributed by atoms with Gasteiger partial charge in [0.05, 0.1) is 0 Å². The molecule has 2 rings (SSSR count). The van der Waals surface area contributed by atoms with Gasteiger partial charge in [-0.3, -0.25) is 0 Å². The molecule has 1 heterocycles. The molecule has 0 bridgehead atoms. The fraction of sp³-hybridized carbons (Fsp3) is 0.385. The van der Waals surface area contributed by atoms with Crippen molar-refractivity contribution in [1.82, 2.24) is 0 Å². The Kier molecular flexibility index (Phi) is 4.06. The fourth-order valence-electron chi connectivity index (χ4n) is 2.46. The monoisotopic (exact) mass is 296 g/mol. The van der Waals surface area contributed by atoms with Gasteiger partial charge in [0.2, 0.25) is 0 Å². The maximum Gasteiger partial charge on any atom is 0.526 e. The van der Waals surface area contributed by atoms with Crippen molar-refractivity contribution >= 4 is 30.5 Å². The summed E-state index contributed by atoms with van der Waals surface area (Å²) in [5.74, 6) is -1.46. The first kappa shape index (κ1) is 14.9. The van der Waals surface area contributed by atoms with Gasteiger partial charge in [0.15, 0.2) is 0 Å². The molecule has 1 aromatic carbocycles. The number of aromatic carboxylic acids is 1. The van der Waals surface area contributed by atoms with E-state index in [4.69, 9.17) is 16.3 Å². The van der Waals surface area contributed by atoms with Gasteiger partial charge < -0.3 is 19.6 Å². The fourth-order valence-corrected chi connectivity index (χ4v) is 2.69. The smallest absolute Gasteiger partial charge is 0.526 e. The SMILES string of the molecule is CC(=O)C[C@H]1Cc2cc(Cl)c(C)c(C(=O)O)c2OB1O. The van der Waals surface area contributed by atoms with Gasteiger partial charge in [-0.05, 0) is 37.5 Å². The van der Waals surface area contributed by atoms with Crippen LogP contribution in [0.2, 0.25) is 10.8 Å². The van der Waals surface area contributed by atoms with Crippen LogP contribution in [-0.4, -0.2) is 29.0 Å². The molecule has 5 nitrogen and oxygen atoms in total. The van der Waals surface area contributed by atoms with E-state index in [1.807, 2.05) is 0 Å². The first-order chi connectivity index (χ1) is 9.31. The molecule has 0 radical (unpaired) electrons. The zero-order chi connectivity index (χ0) is 15.0. The van der Waals surface area contributed by atoms with Crippen LogP contribution in [-0.2, 0) is 11.2 Å². The van der Waals surface area contributed by atoms with Crippen molar-refractivity contribution in [3.8, 4) is 5.75 Å². The van der Waals surface area contributed by atoms with Crippen molar-refractivity contribution in [3.63, 3.8) is 0 Å². The topological polar surface area (TPSA) is 83.8 Å². The third-order valence-electron chi connectivity index (χ3n) is 3.44. The molecular weight excluding hydrogens is 282 g/mol. The second-order valence-corrected chi connectivity index (χ2v) is 5.44. The lowest BCUT2D eigenvalue weighted by Crippen LogP contribution is -2.35. The molecule has 1 atom stereocenters. The molecule has 0 fully saturated rings. The van der Waals surface area contributed by atoms with Crippen molar-refractivity contribution < 1.29 is 24.4 Å². The largest absolute Gasteiger partial charge is 0.535 e. The summed E-state index contributed by atoms with van der Waals surface area (Å²) >= 11 is 6.04. The number of ketones is 1. The zero-order valence-corrected chi connectivity index (χ0v) is 11.9. The highest BCUT2D eigenvalue weighted by Crippen LogP contribution is 2.40. The van der Waals surface area contributed by atoms with E-state index in [0.717, 1.165) is 0 Å². The van der Waals surface area contributed by atoms with Gasteiger partial charge in [0.1, 0.15) is 17.1 Å². The molecule has 0 saturated carbocycles. The second-order valence-electron chi connectivity index (χ2n) is 5.03. The average Bonchev–Trinajstić information content (AvgIpc) is 2.32. The molecule has 0 aliphatic carbocycles. The number of benzene rings is 1. The summed E-state index contributed by atoms with van der Waals surface area (Å²) in [5, 5.41) is 19.5. The predicted octanol–water partition coefficient (Wildman–Crippen LogP) is 2.11. The Hall–Kier alpha value is -1.53. The molecule has 0 spiro atoms. The van der Waals surface area contributed by atoms with Crippen molar-refractivity contribution in [3.05, 3.63) is 27.8 Å². The van der Waals surface area contributed by atoms with Gasteiger partial charge in [0, 0.05) is 17.3 Å². The lowest BCUT2D eigenvalue weighted by atomic mass is 9.64. The van der Waals surface area contributed by atoms with E-state index in [-0.39, 0.29) is 29.3 Å². The van der Waals surface area contributed by atoms with Crippen LogP contribution in [0.4, 0.5) is 0 Å². The Morgan fingerprint density at radius 2 is 2.20 bits per heavy atom. The normalized spacial score (nSPS) is 17.4. The van der Waals surface area contributed by atoms with Crippen LogP contribution in [0, 0.1) is 6.92 Å². The maximum atomic E-state index is 11.3. The summed E-state index contributed by atoms with van der Waals surface area (Å²) < 4.78 is 5.34. The number of carbonyl (C=O) groups excluding carboxylic acids is 1. The molecule has 1 aliphatic heterocycles. The Labute approximate surface area is 121 Å². The van der Waals surface area contributed by atoms with Gasteiger partial charge in [-0.15, -0.1) is 0 Å². The highest BCUT2D eigenvalue weighted by Gasteiger charge is 2.38. The van der Waals surface area contributed by atoms with Gasteiger partial charge in [-0.25, -0.2) is 4.79 Å². The lowest BCUT2D eigenvalue weighted by Gasteiger charge is -2.28. The highest BCUT2D eigenvalue weighted by molar-refractivity contribution is 6.47. The third kappa shape index (κ3) is 2.67. The summed E-state index contributed by atoms with van der Waals surface area (Å²) in [6.45, 7) is 3.02. The molecule has 1 aromatic rings. The minimum Gasteiger partial charge on any atom is -0.535 e. The van der Waals surface area contributed by atoms with E-state index < -0.39 is 13.1 Å². The minimum atomic E-state index is -1.19. The van der Waals surface area contributed by atoms with Gasteiger partial charge in [0.25, 0.3) is 0 Å². The molecule has 106 valence electrons. The Bertz CT molecular complexity index is 587. The summed E-state index contributed by atoms with van der Waals surface area (Å²) in [4.78, 5) is 22.5. The number of rotatable bonds is 3. The van der Waals surface area contributed by atoms with Crippen LogP contribution in [0.5, 0.6) is 5.75 Å². The van der Waals surface area contributed by atoms with Crippen LogP contribution in [0.25, 0.3) is 0 Å². The third-order valence-corrected chi connectivity index (χ3v) is 3.83. The molecule has 0 saturated heterocycles. The van der Waals surface area contributed by atoms with Crippen LogP contribution in [0.15, 0.2) is 6.07 Å². The van der Waals surface area contributed by atoms with E-state index >= 15 is 0 Å². The number of hydrogen-bond donors (Lipinski definition) is 2. The van der Waals surface area contributed by atoms with Crippen LogP contribution in [0.3, 0.4) is 0 Å². The minimum absolute atomic E-state index is 0.0344. The van der Waals surface area contributed by atoms with Crippen LogP contribution in [0.1, 0.15) is 34.8 Å². The van der Waals surface area contributed by atoms with Gasteiger partial charge in [-0.1, -0.05) is 11.6 Å². The van der Waals surface area contributed by atoms with E-state index in [0.29, 0.717) is 22.6 Å². The summed E-state index contributed by atoms with van der Waals surface area (Å²) in [5.41, 5.74) is 0.970. The molecule has 2 N–H and O–H groups in total. The second kappa shape index (κ2) is 5.46. The molecule has 0 aromatic heterocycles. The van der Waals surface area contributed by atoms with Gasteiger partial charge in [-0.2, -0.15) is 0 Å². The predicted molar refractivity (Wildman–Crippen MR) is 74.5 cm³/mol. The molecular formula is C13H14BClO5. The summed E-state index contributed by atoms with van der Waals surface area (Å²) in [7, 11) is -1.19. The lowest BCUT2D eigenvalue weighted by molar-refractivity contribution is -0.117. The first-order valence-electron chi connectivity index (χ1n) is 6.20. The molecule has 0 unspecified atom stereocenters. The summed E-state index contributed by atoms with van der Waals surface area (Å²) in [6, 6.07) is 1.64. The highest BCUT2D eigenvalue weighted by atomic mass is 35.5. The standard InChI is InChI=1S/C13H14BClO5/c1-6(16)3-9-4-8-5-10(15)7(2)11(13(17)18)12(8)20-14(9)19/h5,9,19H,3-4H2,1-2H3,(H,17,18)/t9-/m0/s1. The first-order valence-corrected chi connectivity index (χ1v) is 6.58. The van der Waals surface area contributed by atoms with Crippen LogP contribution >= 0.6 is 11.6 Å². The van der Waals surface area contributed by atoms with Crippen molar-refractivity contribution in [2.45, 2.75) is 32.5 Å². The van der Waals surface area contributed by atoms with E-state index in [9.17, 15) is 19.7 Å².